The molecule has 0 saturated carbocycles. The Morgan fingerprint density at radius 2 is 1.59 bits per heavy atom. The van der Waals surface area contributed by atoms with Gasteiger partial charge in [0.2, 0.25) is 0 Å². The first-order valence-electron chi connectivity index (χ1n) is 9.45. The summed E-state index contributed by atoms with van der Waals surface area (Å²) < 4.78 is 15.2. The third-order valence-electron chi connectivity index (χ3n) is 4.55. The van der Waals surface area contributed by atoms with Gasteiger partial charge in [0, 0.05) is 16.5 Å². The van der Waals surface area contributed by atoms with Crippen molar-refractivity contribution >= 4 is 46.5 Å². The molecular formula is C22H18Cl2IO7-. The summed E-state index contributed by atoms with van der Waals surface area (Å²) in [5.74, 6) is -2.42. The van der Waals surface area contributed by atoms with Crippen molar-refractivity contribution in [2.75, 3.05) is 19.8 Å². The summed E-state index contributed by atoms with van der Waals surface area (Å²) >= 11 is 11.5. The van der Waals surface area contributed by atoms with Crippen molar-refractivity contribution in [1.82, 2.24) is 0 Å². The molecule has 0 amide bonds. The first kappa shape index (κ1) is 26.1. The van der Waals surface area contributed by atoms with E-state index in [0.29, 0.717) is 40.1 Å². The fraction of sp³-hybridized carbons (Fsp3) is 0.273. The van der Waals surface area contributed by atoms with Crippen LogP contribution in [0.2, 0.25) is 10.0 Å². The van der Waals surface area contributed by atoms with Gasteiger partial charge in [-0.1, -0.05) is 23.2 Å². The highest BCUT2D eigenvalue weighted by atomic mass is 127. The van der Waals surface area contributed by atoms with Crippen molar-refractivity contribution < 1.29 is 57.4 Å². The maximum atomic E-state index is 12.2. The predicted octanol–water partition coefficient (Wildman–Crippen LogP) is 0.973. The Kier molecular flexibility index (Phi) is 9.47. The monoisotopic (exact) mass is 591 g/mol. The van der Waals surface area contributed by atoms with E-state index in [1.807, 2.05) is 0 Å². The minimum absolute atomic E-state index is 0. The third-order valence-corrected chi connectivity index (χ3v) is 5.02. The van der Waals surface area contributed by atoms with Crippen LogP contribution in [0.5, 0.6) is 11.5 Å². The molecule has 2 aliphatic rings. The van der Waals surface area contributed by atoms with E-state index in [2.05, 4.69) is 4.74 Å². The Bertz CT molecular complexity index is 1050. The molecule has 2 aromatic rings. The summed E-state index contributed by atoms with van der Waals surface area (Å²) in [5, 5.41) is 0.938. The van der Waals surface area contributed by atoms with E-state index in [1.54, 1.807) is 37.3 Å². The Labute approximate surface area is 211 Å². The van der Waals surface area contributed by atoms with Crippen LogP contribution in [0.1, 0.15) is 34.1 Å². The van der Waals surface area contributed by atoms with E-state index in [1.165, 1.54) is 6.07 Å². The molecule has 32 heavy (non-hydrogen) atoms. The lowest BCUT2D eigenvalue weighted by Crippen LogP contribution is -3.00. The van der Waals surface area contributed by atoms with Crippen LogP contribution in [-0.2, 0) is 14.3 Å². The Hall–Kier alpha value is -2.17. The first-order valence-corrected chi connectivity index (χ1v) is 10.2. The average Bonchev–Trinajstić information content (AvgIpc) is 2.75. The number of carbonyl (C=O) groups is 4. The molecule has 0 aliphatic carbocycles. The summed E-state index contributed by atoms with van der Waals surface area (Å²) in [6.45, 7) is 1.98. The standard InChI is InChI=1S/C13H11ClO5.C9H7ClO2.HI/c1-2-18-13(17)12(16)9-6-19-10-4-3-7(14)5-8(10)11(9)15;10-6-1-2-9-7(5-6)8(11)3-4-12-9;/h3-5,9H,2,6H2,1H3;1-2,5H,3-4H2;1H/p-1. The molecule has 0 bridgehead atoms. The zero-order chi connectivity index (χ0) is 22.5. The number of ketones is 3. The van der Waals surface area contributed by atoms with Gasteiger partial charge in [0.25, 0.3) is 5.78 Å². The minimum atomic E-state index is -1.16. The molecule has 2 aliphatic heterocycles. The van der Waals surface area contributed by atoms with Crippen LogP contribution in [0.25, 0.3) is 0 Å². The summed E-state index contributed by atoms with van der Waals surface area (Å²) in [7, 11) is 0. The second kappa shape index (κ2) is 11.6. The molecule has 1 unspecified atom stereocenters. The van der Waals surface area contributed by atoms with Crippen LogP contribution in [0, 0.1) is 5.92 Å². The second-order valence-corrected chi connectivity index (χ2v) is 7.49. The number of ether oxygens (including phenoxy) is 3. The number of carbonyl (C=O) groups excluding carboxylic acids is 4. The van der Waals surface area contributed by atoms with Gasteiger partial charge in [-0.2, -0.15) is 0 Å². The lowest BCUT2D eigenvalue weighted by molar-refractivity contribution is -0.155. The number of rotatable bonds is 3. The maximum Gasteiger partial charge on any atom is 0.375 e. The molecule has 0 N–H and O–H groups in total. The number of benzene rings is 2. The number of fused-ring (bicyclic) bond motifs is 2. The van der Waals surface area contributed by atoms with E-state index in [4.69, 9.17) is 32.7 Å². The zero-order valence-electron chi connectivity index (χ0n) is 16.9. The lowest BCUT2D eigenvalue weighted by Gasteiger charge is -2.22. The molecule has 0 radical (unpaired) electrons. The van der Waals surface area contributed by atoms with Crippen molar-refractivity contribution in [2.45, 2.75) is 13.3 Å². The molecule has 0 fully saturated rings. The minimum Gasteiger partial charge on any atom is -1.00 e. The number of hydrogen-bond donors (Lipinski definition) is 0. The van der Waals surface area contributed by atoms with Gasteiger partial charge < -0.3 is 38.2 Å². The second-order valence-electron chi connectivity index (χ2n) is 6.62. The summed E-state index contributed by atoms with van der Waals surface area (Å²) in [6, 6.07) is 9.66. The fourth-order valence-corrected chi connectivity index (χ4v) is 3.37. The van der Waals surface area contributed by atoms with Crippen molar-refractivity contribution in [3.8, 4) is 11.5 Å². The van der Waals surface area contributed by atoms with Gasteiger partial charge in [-0.3, -0.25) is 14.4 Å². The van der Waals surface area contributed by atoms with E-state index >= 15 is 0 Å². The predicted molar refractivity (Wildman–Crippen MR) is 112 cm³/mol. The van der Waals surface area contributed by atoms with E-state index in [0.717, 1.165) is 0 Å². The molecule has 1 atom stereocenters. The lowest BCUT2D eigenvalue weighted by atomic mass is 9.91. The highest BCUT2D eigenvalue weighted by molar-refractivity contribution is 6.40. The van der Waals surface area contributed by atoms with Gasteiger partial charge in [-0.25, -0.2) is 4.79 Å². The molecule has 2 heterocycles. The highest BCUT2D eigenvalue weighted by Gasteiger charge is 2.38. The zero-order valence-corrected chi connectivity index (χ0v) is 20.5. The Balaban J connectivity index is 0.000000241. The summed E-state index contributed by atoms with van der Waals surface area (Å²) in [4.78, 5) is 46.6. The van der Waals surface area contributed by atoms with Crippen molar-refractivity contribution in [3.63, 3.8) is 0 Å². The molecule has 170 valence electrons. The van der Waals surface area contributed by atoms with E-state index < -0.39 is 23.5 Å². The maximum absolute atomic E-state index is 12.2. The molecular weight excluding hydrogens is 574 g/mol. The van der Waals surface area contributed by atoms with Gasteiger partial charge in [0.15, 0.2) is 11.6 Å². The Morgan fingerprint density at radius 3 is 2.22 bits per heavy atom. The highest BCUT2D eigenvalue weighted by Crippen LogP contribution is 2.30. The SMILES string of the molecule is CCOC(=O)C(=O)C1COc2ccc(Cl)cc2C1=O.O=C1CCOc2ccc(Cl)cc21.[I-]. The van der Waals surface area contributed by atoms with Crippen LogP contribution < -0.4 is 33.5 Å². The molecule has 7 nitrogen and oxygen atoms in total. The van der Waals surface area contributed by atoms with Crippen LogP contribution in [0.4, 0.5) is 0 Å². The van der Waals surface area contributed by atoms with Crippen molar-refractivity contribution in [2.24, 2.45) is 5.92 Å². The smallest absolute Gasteiger partial charge is 0.375 e. The van der Waals surface area contributed by atoms with Gasteiger partial charge in [-0.15, -0.1) is 0 Å². The molecule has 2 aromatic carbocycles. The van der Waals surface area contributed by atoms with Crippen molar-refractivity contribution in [3.05, 3.63) is 57.6 Å². The molecule has 0 aromatic heterocycles. The molecule has 4 rings (SSSR count). The number of esters is 1. The number of hydrogen-bond acceptors (Lipinski definition) is 7. The van der Waals surface area contributed by atoms with Crippen LogP contribution in [0.15, 0.2) is 36.4 Å². The number of Topliss-reactive ketones (excluding diaryl/α,β-unsaturated/α-hetero) is 3. The molecule has 0 saturated heterocycles. The molecule has 0 spiro atoms. The quantitative estimate of drug-likeness (QED) is 0.227. The van der Waals surface area contributed by atoms with Crippen LogP contribution in [0.3, 0.4) is 0 Å². The van der Waals surface area contributed by atoms with Gasteiger partial charge in [-0.05, 0) is 43.3 Å². The number of halogens is 3. The van der Waals surface area contributed by atoms with Gasteiger partial charge >= 0.3 is 5.97 Å². The first-order chi connectivity index (χ1) is 14.8. The normalized spacial score (nSPS) is 16.0. The van der Waals surface area contributed by atoms with Gasteiger partial charge in [0.1, 0.15) is 24.0 Å². The van der Waals surface area contributed by atoms with Crippen LogP contribution >= 0.6 is 23.2 Å². The van der Waals surface area contributed by atoms with Crippen molar-refractivity contribution in [1.29, 1.82) is 0 Å². The van der Waals surface area contributed by atoms with Gasteiger partial charge in [0.05, 0.1) is 24.3 Å². The third kappa shape index (κ3) is 5.99. The molecule has 10 heteroatoms. The van der Waals surface area contributed by atoms with E-state index in [-0.39, 0.29) is 48.5 Å². The summed E-state index contributed by atoms with van der Waals surface area (Å²) in [5.41, 5.74) is 0.815. The van der Waals surface area contributed by atoms with Crippen LogP contribution in [-0.4, -0.2) is 43.1 Å². The average molecular weight is 592 g/mol. The summed E-state index contributed by atoms with van der Waals surface area (Å²) in [6.07, 6.45) is 0.452. The Morgan fingerprint density at radius 1 is 1.00 bits per heavy atom. The fourth-order valence-electron chi connectivity index (χ4n) is 3.03. The topological polar surface area (TPSA) is 96.0 Å². The van der Waals surface area contributed by atoms with E-state index in [9.17, 15) is 19.2 Å². The largest absolute Gasteiger partial charge is 1.00 e.